The number of likely N-dealkylation sites (N-methyl/N-ethyl adjacent to an activating group) is 1. The Hall–Kier alpha value is -2.04. The summed E-state index contributed by atoms with van der Waals surface area (Å²) in [5.74, 6) is 0.410. The van der Waals surface area contributed by atoms with E-state index in [9.17, 15) is 9.59 Å². The summed E-state index contributed by atoms with van der Waals surface area (Å²) >= 11 is 0. The van der Waals surface area contributed by atoms with E-state index in [-0.39, 0.29) is 18.2 Å². The number of rotatable bonds is 3. The van der Waals surface area contributed by atoms with Crippen molar-refractivity contribution >= 4 is 17.5 Å². The van der Waals surface area contributed by atoms with Gasteiger partial charge in [0.25, 0.3) is 5.91 Å². The number of likely N-dealkylation sites (tertiary alicyclic amines) is 1. The number of benzene rings is 1. The molecule has 1 aromatic carbocycles. The van der Waals surface area contributed by atoms with Gasteiger partial charge in [0.15, 0.2) is 0 Å². The van der Waals surface area contributed by atoms with E-state index in [1.807, 2.05) is 12.1 Å². The van der Waals surface area contributed by atoms with Gasteiger partial charge in [-0.15, -0.1) is 0 Å². The molecule has 0 unspecified atom stereocenters. The van der Waals surface area contributed by atoms with Crippen molar-refractivity contribution < 1.29 is 14.3 Å². The second-order valence-electron chi connectivity index (χ2n) is 3.92. The van der Waals surface area contributed by atoms with Gasteiger partial charge in [-0.05, 0) is 24.3 Å². The third kappa shape index (κ3) is 2.22. The molecule has 0 spiro atoms. The van der Waals surface area contributed by atoms with Gasteiger partial charge in [0.05, 0.1) is 13.5 Å². The first-order chi connectivity index (χ1) is 8.11. The van der Waals surface area contributed by atoms with Gasteiger partial charge in [-0.1, -0.05) is 0 Å². The summed E-state index contributed by atoms with van der Waals surface area (Å²) in [4.78, 5) is 24.1. The summed E-state index contributed by atoms with van der Waals surface area (Å²) in [5.41, 5.74) is 0.798. The largest absolute Gasteiger partial charge is 0.497 e. The van der Waals surface area contributed by atoms with E-state index in [1.54, 1.807) is 19.2 Å². The fourth-order valence-corrected chi connectivity index (χ4v) is 1.76. The molecule has 1 atom stereocenters. The molecule has 5 nitrogen and oxygen atoms in total. The standard InChI is InChI=1S/C12H14N2O3/c1-14-11(15)7-10(12(14)16)13-8-3-5-9(17-2)6-4-8/h3-6,10,13H,7H2,1-2H3/t10-/m0/s1. The Kier molecular flexibility index (Phi) is 2.99. The normalized spacial score (nSPS) is 19.6. The van der Waals surface area contributed by atoms with Crippen LogP contribution in [0.3, 0.4) is 0 Å². The summed E-state index contributed by atoms with van der Waals surface area (Å²) in [6.07, 6.45) is 0.210. The van der Waals surface area contributed by atoms with E-state index in [2.05, 4.69) is 5.32 Å². The van der Waals surface area contributed by atoms with Crippen molar-refractivity contribution in [1.29, 1.82) is 0 Å². The van der Waals surface area contributed by atoms with Gasteiger partial charge in [0.2, 0.25) is 5.91 Å². The van der Waals surface area contributed by atoms with Crippen LogP contribution in [0.25, 0.3) is 0 Å². The quantitative estimate of drug-likeness (QED) is 0.788. The topological polar surface area (TPSA) is 58.6 Å². The van der Waals surface area contributed by atoms with Crippen LogP contribution >= 0.6 is 0 Å². The minimum Gasteiger partial charge on any atom is -0.497 e. The van der Waals surface area contributed by atoms with Gasteiger partial charge >= 0.3 is 0 Å². The molecule has 2 rings (SSSR count). The Morgan fingerprint density at radius 3 is 2.41 bits per heavy atom. The molecule has 1 aliphatic rings. The van der Waals surface area contributed by atoms with Gasteiger partial charge < -0.3 is 10.1 Å². The number of amides is 2. The summed E-state index contributed by atoms with van der Waals surface area (Å²) in [6.45, 7) is 0. The van der Waals surface area contributed by atoms with Crippen molar-refractivity contribution in [2.24, 2.45) is 0 Å². The number of hydrogen-bond acceptors (Lipinski definition) is 4. The number of carbonyl (C=O) groups excluding carboxylic acids is 2. The minimum atomic E-state index is -0.458. The molecular weight excluding hydrogens is 220 g/mol. The van der Waals surface area contributed by atoms with Gasteiger partial charge in [-0.3, -0.25) is 14.5 Å². The Morgan fingerprint density at radius 1 is 1.29 bits per heavy atom. The van der Waals surface area contributed by atoms with E-state index in [0.717, 1.165) is 16.3 Å². The number of nitrogens with zero attached hydrogens (tertiary/aromatic N) is 1. The monoisotopic (exact) mass is 234 g/mol. The third-order valence-corrected chi connectivity index (χ3v) is 2.81. The first-order valence-electron chi connectivity index (χ1n) is 5.33. The van der Waals surface area contributed by atoms with Crippen LogP contribution in [-0.4, -0.2) is 36.9 Å². The summed E-state index contributed by atoms with van der Waals surface area (Å²) in [6, 6.07) is 6.77. The smallest absolute Gasteiger partial charge is 0.251 e. The fourth-order valence-electron chi connectivity index (χ4n) is 1.76. The Morgan fingerprint density at radius 2 is 1.94 bits per heavy atom. The van der Waals surface area contributed by atoms with Crippen LogP contribution in [0.5, 0.6) is 5.75 Å². The predicted molar refractivity (Wildman–Crippen MR) is 62.8 cm³/mol. The van der Waals surface area contributed by atoms with Crippen molar-refractivity contribution in [3.63, 3.8) is 0 Å². The maximum atomic E-state index is 11.7. The van der Waals surface area contributed by atoms with Crippen LogP contribution < -0.4 is 10.1 Å². The first-order valence-corrected chi connectivity index (χ1v) is 5.33. The van der Waals surface area contributed by atoms with Crippen LogP contribution in [-0.2, 0) is 9.59 Å². The molecule has 1 aromatic rings. The highest BCUT2D eigenvalue weighted by molar-refractivity contribution is 6.06. The summed E-state index contributed by atoms with van der Waals surface area (Å²) in [7, 11) is 3.09. The Labute approximate surface area is 99.4 Å². The van der Waals surface area contributed by atoms with Crippen LogP contribution in [0.4, 0.5) is 5.69 Å². The number of hydrogen-bond donors (Lipinski definition) is 1. The predicted octanol–water partition coefficient (Wildman–Crippen LogP) is 0.864. The molecule has 0 aromatic heterocycles. The lowest BCUT2D eigenvalue weighted by Crippen LogP contribution is -2.31. The van der Waals surface area contributed by atoms with Crippen molar-refractivity contribution in [3.05, 3.63) is 24.3 Å². The minimum absolute atomic E-state index is 0.152. The van der Waals surface area contributed by atoms with Crippen LogP contribution in [0, 0.1) is 0 Å². The van der Waals surface area contributed by atoms with E-state index in [1.165, 1.54) is 7.05 Å². The van der Waals surface area contributed by atoms with Crippen molar-refractivity contribution in [1.82, 2.24) is 4.90 Å². The average molecular weight is 234 g/mol. The second-order valence-corrected chi connectivity index (χ2v) is 3.92. The Bertz CT molecular complexity index is 442. The number of anilines is 1. The van der Waals surface area contributed by atoms with Crippen LogP contribution in [0.1, 0.15) is 6.42 Å². The number of carbonyl (C=O) groups is 2. The molecule has 17 heavy (non-hydrogen) atoms. The Balaban J connectivity index is 2.06. The summed E-state index contributed by atoms with van der Waals surface area (Å²) in [5, 5.41) is 3.04. The van der Waals surface area contributed by atoms with E-state index >= 15 is 0 Å². The molecule has 1 heterocycles. The number of methoxy groups -OCH3 is 1. The molecular formula is C12H14N2O3. The highest BCUT2D eigenvalue weighted by Crippen LogP contribution is 2.19. The SMILES string of the molecule is COc1ccc(N[C@H]2CC(=O)N(C)C2=O)cc1. The summed E-state index contributed by atoms with van der Waals surface area (Å²) < 4.78 is 5.04. The number of nitrogens with one attached hydrogen (secondary N) is 1. The molecule has 1 saturated heterocycles. The molecule has 5 heteroatoms. The lowest BCUT2D eigenvalue weighted by molar-refractivity contribution is -0.136. The zero-order chi connectivity index (χ0) is 12.4. The lowest BCUT2D eigenvalue weighted by atomic mass is 10.2. The van der Waals surface area contributed by atoms with Gasteiger partial charge in [-0.2, -0.15) is 0 Å². The third-order valence-electron chi connectivity index (χ3n) is 2.81. The molecule has 0 saturated carbocycles. The van der Waals surface area contributed by atoms with Gasteiger partial charge in [-0.25, -0.2) is 0 Å². The zero-order valence-corrected chi connectivity index (χ0v) is 9.77. The second kappa shape index (κ2) is 4.45. The number of imide groups is 1. The zero-order valence-electron chi connectivity index (χ0n) is 9.77. The van der Waals surface area contributed by atoms with Crippen molar-refractivity contribution in [2.75, 3.05) is 19.5 Å². The molecule has 0 aliphatic carbocycles. The van der Waals surface area contributed by atoms with Gasteiger partial charge in [0.1, 0.15) is 11.8 Å². The fraction of sp³-hybridized carbons (Fsp3) is 0.333. The molecule has 0 radical (unpaired) electrons. The van der Waals surface area contributed by atoms with Crippen LogP contribution in [0.15, 0.2) is 24.3 Å². The molecule has 1 aliphatic heterocycles. The maximum Gasteiger partial charge on any atom is 0.251 e. The van der Waals surface area contributed by atoms with Crippen molar-refractivity contribution in [3.8, 4) is 5.75 Å². The molecule has 1 N–H and O–H groups in total. The molecule has 0 bridgehead atoms. The van der Waals surface area contributed by atoms with E-state index in [4.69, 9.17) is 4.74 Å². The average Bonchev–Trinajstić information content (AvgIpc) is 2.58. The first kappa shape index (κ1) is 11.4. The van der Waals surface area contributed by atoms with E-state index < -0.39 is 6.04 Å². The number of ether oxygens (including phenoxy) is 1. The lowest BCUT2D eigenvalue weighted by Gasteiger charge is -2.12. The highest BCUT2D eigenvalue weighted by atomic mass is 16.5. The highest BCUT2D eigenvalue weighted by Gasteiger charge is 2.35. The molecule has 1 fully saturated rings. The van der Waals surface area contributed by atoms with Crippen molar-refractivity contribution in [2.45, 2.75) is 12.5 Å². The molecule has 2 amide bonds. The van der Waals surface area contributed by atoms with Crippen LogP contribution in [0.2, 0.25) is 0 Å². The molecule has 90 valence electrons. The maximum absolute atomic E-state index is 11.7. The van der Waals surface area contributed by atoms with Gasteiger partial charge in [0, 0.05) is 12.7 Å². The van der Waals surface area contributed by atoms with E-state index in [0.29, 0.717) is 0 Å².